The smallest absolute Gasteiger partial charge is 0.115 e. The number of thioether (sulfide) groups is 1. The van der Waals surface area contributed by atoms with Crippen molar-refractivity contribution in [3.05, 3.63) is 126 Å². The highest BCUT2D eigenvalue weighted by molar-refractivity contribution is 8.93. The third kappa shape index (κ3) is 5.08. The maximum Gasteiger partial charge on any atom is 0.115 e. The lowest BCUT2D eigenvalue weighted by Gasteiger charge is -2.27. The van der Waals surface area contributed by atoms with E-state index in [1.807, 2.05) is 11.8 Å². The number of allylic oxidation sites excluding steroid dienone is 2. The number of hydrogen-bond acceptors (Lipinski definition) is 1. The standard InChI is InChI=1S/C32H32PS.BrH/c1-25(26-19-20-31-30(23-26)32(2,3)24-34-31)21-22-33(27-13-7-4-8-14-27,28-15-9-5-10-16-28)29-17-11-6-12-18-29;/h4-21,23H,22,24H2,1-3H3;1H/q+1;/b25-21+;. The normalized spacial score (nSPS) is 14.8. The van der Waals surface area contributed by atoms with Crippen LogP contribution in [0.4, 0.5) is 0 Å². The minimum atomic E-state index is -1.85. The molecular weight excluding hydrogens is 527 g/mol. The van der Waals surface area contributed by atoms with Crippen LogP contribution >= 0.6 is 36.0 Å². The molecule has 0 aromatic heterocycles. The highest BCUT2D eigenvalue weighted by atomic mass is 79.9. The molecule has 0 amide bonds. The van der Waals surface area contributed by atoms with Crippen LogP contribution in [0.15, 0.2) is 120 Å². The molecule has 0 aliphatic carbocycles. The zero-order chi connectivity index (χ0) is 23.6. The maximum atomic E-state index is 2.50. The van der Waals surface area contributed by atoms with Gasteiger partial charge in [-0.05, 0) is 78.2 Å². The van der Waals surface area contributed by atoms with Gasteiger partial charge >= 0.3 is 0 Å². The van der Waals surface area contributed by atoms with Crippen molar-refractivity contribution in [2.75, 3.05) is 11.9 Å². The Balaban J connectivity index is 0.00000289. The summed E-state index contributed by atoms with van der Waals surface area (Å²) in [5, 5.41) is 4.30. The zero-order valence-corrected chi connectivity index (χ0v) is 24.1. The topological polar surface area (TPSA) is 0 Å². The van der Waals surface area contributed by atoms with Crippen molar-refractivity contribution in [1.29, 1.82) is 0 Å². The maximum absolute atomic E-state index is 2.50. The molecule has 0 atom stereocenters. The van der Waals surface area contributed by atoms with Gasteiger partial charge in [-0.1, -0.05) is 74.5 Å². The van der Waals surface area contributed by atoms with Crippen molar-refractivity contribution in [3.8, 4) is 0 Å². The van der Waals surface area contributed by atoms with Gasteiger partial charge in [-0.2, -0.15) is 0 Å². The molecule has 4 aromatic rings. The van der Waals surface area contributed by atoms with Gasteiger partial charge < -0.3 is 0 Å². The minimum Gasteiger partial charge on any atom is -0.125 e. The van der Waals surface area contributed by atoms with Crippen molar-refractivity contribution in [3.63, 3.8) is 0 Å². The lowest BCUT2D eigenvalue weighted by atomic mass is 9.85. The first-order valence-corrected chi connectivity index (χ1v) is 15.0. The van der Waals surface area contributed by atoms with E-state index in [1.165, 1.54) is 43.3 Å². The highest BCUT2D eigenvalue weighted by Gasteiger charge is 2.44. The van der Waals surface area contributed by atoms with Crippen LogP contribution in [0.25, 0.3) is 5.57 Å². The van der Waals surface area contributed by atoms with E-state index in [0.717, 1.165) is 6.16 Å². The van der Waals surface area contributed by atoms with Gasteiger partial charge in [-0.15, -0.1) is 28.7 Å². The van der Waals surface area contributed by atoms with Gasteiger partial charge in [0.25, 0.3) is 0 Å². The number of hydrogen-bond donors (Lipinski definition) is 0. The molecule has 1 aliphatic rings. The molecule has 0 spiro atoms. The van der Waals surface area contributed by atoms with Crippen LogP contribution in [0.5, 0.6) is 0 Å². The molecule has 178 valence electrons. The predicted octanol–water partition coefficient (Wildman–Crippen LogP) is 8.05. The Kier molecular flexibility index (Phi) is 8.06. The Morgan fingerprint density at radius 2 is 1.26 bits per heavy atom. The van der Waals surface area contributed by atoms with Crippen molar-refractivity contribution >= 4 is 57.5 Å². The second kappa shape index (κ2) is 10.9. The summed E-state index contributed by atoms with van der Waals surface area (Å²) in [6.07, 6.45) is 3.50. The number of benzene rings is 4. The summed E-state index contributed by atoms with van der Waals surface area (Å²) in [5.74, 6) is 1.17. The number of rotatable bonds is 6. The van der Waals surface area contributed by atoms with Crippen molar-refractivity contribution in [2.45, 2.75) is 31.1 Å². The first-order valence-electron chi connectivity index (χ1n) is 12.0. The first-order chi connectivity index (χ1) is 16.5. The molecule has 0 nitrogen and oxygen atoms in total. The Hall–Kier alpha value is -2.12. The van der Waals surface area contributed by atoms with Crippen molar-refractivity contribution < 1.29 is 0 Å². The molecule has 0 bridgehead atoms. The van der Waals surface area contributed by atoms with Gasteiger partial charge in [-0.3, -0.25) is 0 Å². The third-order valence-corrected chi connectivity index (χ3v) is 12.8. The van der Waals surface area contributed by atoms with Crippen LogP contribution in [0.2, 0.25) is 0 Å². The number of fused-ring (bicyclic) bond motifs is 1. The fraction of sp³-hybridized carbons (Fsp3) is 0.188. The molecule has 0 saturated heterocycles. The average molecular weight is 561 g/mol. The summed E-state index contributed by atoms with van der Waals surface area (Å²) in [5.41, 5.74) is 4.45. The van der Waals surface area contributed by atoms with Gasteiger partial charge in [0.05, 0.1) is 6.16 Å². The van der Waals surface area contributed by atoms with Crippen LogP contribution in [0.3, 0.4) is 0 Å². The summed E-state index contributed by atoms with van der Waals surface area (Å²) in [6.45, 7) is 7.02. The molecule has 3 heteroatoms. The third-order valence-electron chi connectivity index (χ3n) is 7.01. The fourth-order valence-electron chi connectivity index (χ4n) is 4.97. The predicted molar refractivity (Wildman–Crippen MR) is 164 cm³/mol. The molecule has 4 aromatic carbocycles. The molecule has 35 heavy (non-hydrogen) atoms. The van der Waals surface area contributed by atoms with E-state index >= 15 is 0 Å². The van der Waals surface area contributed by atoms with E-state index in [9.17, 15) is 0 Å². The van der Waals surface area contributed by atoms with Gasteiger partial charge in [0.15, 0.2) is 0 Å². The van der Waals surface area contributed by atoms with E-state index in [2.05, 4.69) is 136 Å². The Morgan fingerprint density at radius 3 is 1.74 bits per heavy atom. The molecule has 0 saturated carbocycles. The fourth-order valence-corrected chi connectivity index (χ4v) is 10.4. The van der Waals surface area contributed by atoms with E-state index in [4.69, 9.17) is 0 Å². The van der Waals surface area contributed by atoms with E-state index in [0.29, 0.717) is 0 Å². The van der Waals surface area contributed by atoms with Crippen LogP contribution in [0, 0.1) is 0 Å². The molecule has 0 radical (unpaired) electrons. The van der Waals surface area contributed by atoms with Crippen LogP contribution < -0.4 is 15.9 Å². The highest BCUT2D eigenvalue weighted by Crippen LogP contribution is 2.55. The van der Waals surface area contributed by atoms with Crippen LogP contribution in [0.1, 0.15) is 31.9 Å². The first kappa shape index (κ1) is 26.0. The largest absolute Gasteiger partial charge is 0.125 e. The molecule has 1 heterocycles. The summed E-state index contributed by atoms with van der Waals surface area (Å²) < 4.78 is 0. The second-order valence-electron chi connectivity index (χ2n) is 9.77. The Bertz CT molecular complexity index is 1200. The van der Waals surface area contributed by atoms with Crippen molar-refractivity contribution in [1.82, 2.24) is 0 Å². The monoisotopic (exact) mass is 559 g/mol. The summed E-state index contributed by atoms with van der Waals surface area (Å²) in [6, 6.07) is 40.5. The SMILES string of the molecule is Br.C/C(=C\C[P+](c1ccccc1)(c1ccccc1)c1ccccc1)c1ccc2c(c1)C(C)(C)CS2. The Labute approximate surface area is 226 Å². The van der Waals surface area contributed by atoms with Crippen LogP contribution in [-0.2, 0) is 5.41 Å². The van der Waals surface area contributed by atoms with E-state index in [1.54, 1.807) is 0 Å². The van der Waals surface area contributed by atoms with Gasteiger partial charge in [0, 0.05) is 16.1 Å². The molecule has 0 unspecified atom stereocenters. The zero-order valence-electron chi connectivity index (χ0n) is 20.6. The van der Waals surface area contributed by atoms with Gasteiger partial charge in [0.1, 0.15) is 23.2 Å². The minimum absolute atomic E-state index is 0. The molecule has 1 aliphatic heterocycles. The van der Waals surface area contributed by atoms with Gasteiger partial charge in [0.2, 0.25) is 0 Å². The van der Waals surface area contributed by atoms with E-state index in [-0.39, 0.29) is 22.4 Å². The second-order valence-corrected chi connectivity index (χ2v) is 14.3. The van der Waals surface area contributed by atoms with Crippen molar-refractivity contribution in [2.24, 2.45) is 0 Å². The molecule has 5 rings (SSSR count). The summed E-state index contributed by atoms with van der Waals surface area (Å²) >= 11 is 1.99. The quantitative estimate of drug-likeness (QED) is 0.215. The number of halogens is 1. The summed E-state index contributed by atoms with van der Waals surface area (Å²) in [7, 11) is -1.85. The van der Waals surface area contributed by atoms with Gasteiger partial charge in [-0.25, -0.2) is 0 Å². The summed E-state index contributed by atoms with van der Waals surface area (Å²) in [4.78, 5) is 1.45. The lowest BCUT2D eigenvalue weighted by Crippen LogP contribution is -2.33. The van der Waals surface area contributed by atoms with Crippen LogP contribution in [-0.4, -0.2) is 11.9 Å². The molecule has 0 fully saturated rings. The molecular formula is C32H33BrPS+. The lowest BCUT2D eigenvalue weighted by molar-refractivity contribution is 0.604. The van der Waals surface area contributed by atoms with E-state index < -0.39 is 7.26 Å². The molecule has 0 N–H and O–H groups in total. The average Bonchev–Trinajstić information content (AvgIpc) is 3.20. The Morgan fingerprint density at radius 1 is 0.771 bits per heavy atom.